The number of carbonyl (C=O) groups is 1. The van der Waals surface area contributed by atoms with Gasteiger partial charge in [0, 0.05) is 23.4 Å². The van der Waals surface area contributed by atoms with Crippen molar-refractivity contribution < 1.29 is 19.2 Å². The Labute approximate surface area is 117 Å². The summed E-state index contributed by atoms with van der Waals surface area (Å²) >= 11 is 0.990. The lowest BCUT2D eigenvalue weighted by Gasteiger charge is -2.05. The Morgan fingerprint density at radius 1 is 1.40 bits per heavy atom. The molecule has 0 bridgehead atoms. The van der Waals surface area contributed by atoms with E-state index in [9.17, 15) is 14.9 Å². The van der Waals surface area contributed by atoms with Gasteiger partial charge in [0.1, 0.15) is 0 Å². The molecule has 2 rings (SSSR count). The highest BCUT2D eigenvalue weighted by Gasteiger charge is 2.20. The van der Waals surface area contributed by atoms with Gasteiger partial charge < -0.3 is 9.52 Å². The van der Waals surface area contributed by atoms with Crippen LogP contribution in [0.4, 0.5) is 5.69 Å². The first-order valence-corrected chi connectivity index (χ1v) is 6.20. The van der Waals surface area contributed by atoms with E-state index in [2.05, 4.69) is 10.2 Å². The summed E-state index contributed by atoms with van der Waals surface area (Å²) in [5.74, 6) is -0.884. The molecule has 0 amide bonds. The third-order valence-corrected chi connectivity index (χ3v) is 3.46. The van der Waals surface area contributed by atoms with Crippen molar-refractivity contribution in [2.45, 2.75) is 24.0 Å². The fraction of sp³-hybridized carbons (Fsp3) is 0.182. The summed E-state index contributed by atoms with van der Waals surface area (Å²) in [4.78, 5) is 21.7. The number of rotatable bonds is 4. The van der Waals surface area contributed by atoms with Gasteiger partial charge in [0.05, 0.1) is 10.5 Å². The molecule has 20 heavy (non-hydrogen) atoms. The number of benzene rings is 1. The number of carboxylic acid groups (broad SMARTS) is 1. The molecule has 0 radical (unpaired) electrons. The van der Waals surface area contributed by atoms with Crippen LogP contribution in [0.2, 0.25) is 0 Å². The molecule has 0 atom stereocenters. The van der Waals surface area contributed by atoms with Crippen LogP contribution in [0.5, 0.6) is 0 Å². The molecule has 9 heteroatoms. The molecule has 0 aliphatic carbocycles. The van der Waals surface area contributed by atoms with Crippen LogP contribution in [0, 0.1) is 24.0 Å². The van der Waals surface area contributed by atoms with E-state index in [0.29, 0.717) is 16.3 Å². The van der Waals surface area contributed by atoms with Gasteiger partial charge in [-0.15, -0.1) is 10.2 Å². The molecule has 1 heterocycles. The van der Waals surface area contributed by atoms with Gasteiger partial charge in [-0.25, -0.2) is 4.79 Å². The normalized spacial score (nSPS) is 10.5. The van der Waals surface area contributed by atoms with E-state index < -0.39 is 10.9 Å². The topological polar surface area (TPSA) is 119 Å². The van der Waals surface area contributed by atoms with E-state index in [0.717, 1.165) is 17.8 Å². The lowest BCUT2D eigenvalue weighted by molar-refractivity contribution is -0.385. The zero-order valence-corrected chi connectivity index (χ0v) is 11.3. The maximum absolute atomic E-state index is 11.0. The molecule has 0 aliphatic rings. The van der Waals surface area contributed by atoms with Gasteiger partial charge in [0.15, 0.2) is 0 Å². The van der Waals surface area contributed by atoms with Gasteiger partial charge in [-0.3, -0.25) is 10.1 Å². The van der Waals surface area contributed by atoms with Gasteiger partial charge in [-0.1, -0.05) is 0 Å². The van der Waals surface area contributed by atoms with E-state index in [1.165, 1.54) is 13.0 Å². The van der Waals surface area contributed by atoms with Crippen molar-refractivity contribution in [2.75, 3.05) is 0 Å². The van der Waals surface area contributed by atoms with Crippen LogP contribution in [-0.4, -0.2) is 26.2 Å². The number of nitro groups is 1. The summed E-state index contributed by atoms with van der Waals surface area (Å²) < 4.78 is 5.17. The van der Waals surface area contributed by atoms with E-state index in [-0.39, 0.29) is 16.5 Å². The van der Waals surface area contributed by atoms with Crippen LogP contribution < -0.4 is 0 Å². The standard InChI is InChI=1S/C11H9N3O5S/c1-5-8(14(17)18)3-7(10(15)16)4-9(5)20-11-13-12-6(2)19-11/h3-4H,1-2H3,(H,15,16). The van der Waals surface area contributed by atoms with Crippen molar-refractivity contribution >= 4 is 23.4 Å². The fourth-order valence-electron chi connectivity index (χ4n) is 1.51. The Kier molecular flexibility index (Phi) is 3.70. The molecule has 1 aromatic heterocycles. The second kappa shape index (κ2) is 5.29. The molecule has 0 spiro atoms. The lowest BCUT2D eigenvalue weighted by Crippen LogP contribution is -2.01. The molecule has 0 saturated carbocycles. The first kappa shape index (κ1) is 14.0. The molecule has 0 fully saturated rings. The Bertz CT molecular complexity index is 697. The quantitative estimate of drug-likeness (QED) is 0.674. The monoisotopic (exact) mass is 295 g/mol. The first-order valence-electron chi connectivity index (χ1n) is 5.38. The Balaban J connectivity index is 2.50. The molecule has 104 valence electrons. The van der Waals surface area contributed by atoms with Gasteiger partial charge in [0.2, 0.25) is 5.89 Å². The van der Waals surface area contributed by atoms with Crippen LogP contribution in [0.3, 0.4) is 0 Å². The minimum atomic E-state index is -1.24. The summed E-state index contributed by atoms with van der Waals surface area (Å²) in [5, 5.41) is 27.5. The van der Waals surface area contributed by atoms with Crippen molar-refractivity contribution in [1.82, 2.24) is 10.2 Å². The molecule has 8 nitrogen and oxygen atoms in total. The second-order valence-corrected chi connectivity index (χ2v) is 4.86. The highest BCUT2D eigenvalue weighted by atomic mass is 32.2. The van der Waals surface area contributed by atoms with Crippen LogP contribution in [0.15, 0.2) is 26.7 Å². The van der Waals surface area contributed by atoms with Gasteiger partial charge in [-0.05, 0) is 24.8 Å². The van der Waals surface area contributed by atoms with Crippen molar-refractivity contribution in [3.63, 3.8) is 0 Å². The number of aromatic nitrogens is 2. The molecule has 2 aromatic rings. The van der Waals surface area contributed by atoms with Crippen molar-refractivity contribution in [1.29, 1.82) is 0 Å². The summed E-state index contributed by atoms with van der Waals surface area (Å²) in [5.41, 5.74) is -0.0782. The summed E-state index contributed by atoms with van der Waals surface area (Å²) in [6, 6.07) is 2.37. The van der Waals surface area contributed by atoms with Crippen molar-refractivity contribution in [2.24, 2.45) is 0 Å². The van der Waals surface area contributed by atoms with E-state index >= 15 is 0 Å². The number of nitro benzene ring substituents is 1. The molecule has 1 N–H and O–H groups in total. The van der Waals surface area contributed by atoms with Gasteiger partial charge >= 0.3 is 5.97 Å². The predicted octanol–water partition coefficient (Wildman–Crippen LogP) is 2.44. The van der Waals surface area contributed by atoms with Gasteiger partial charge in [-0.2, -0.15) is 0 Å². The largest absolute Gasteiger partial charge is 0.478 e. The second-order valence-electron chi connectivity index (χ2n) is 3.87. The molecule has 0 aliphatic heterocycles. The van der Waals surface area contributed by atoms with Crippen LogP contribution in [0.25, 0.3) is 0 Å². The number of carboxylic acids is 1. The van der Waals surface area contributed by atoms with E-state index in [1.54, 1.807) is 6.92 Å². The third-order valence-electron chi connectivity index (χ3n) is 2.48. The summed E-state index contributed by atoms with van der Waals surface area (Å²) in [7, 11) is 0. The van der Waals surface area contributed by atoms with Crippen LogP contribution >= 0.6 is 11.8 Å². The highest BCUT2D eigenvalue weighted by molar-refractivity contribution is 7.99. The SMILES string of the molecule is Cc1nnc(Sc2cc(C(=O)O)cc([N+](=O)[O-])c2C)o1. The first-order chi connectivity index (χ1) is 9.38. The summed E-state index contributed by atoms with van der Waals surface area (Å²) in [6.07, 6.45) is 0. The van der Waals surface area contributed by atoms with E-state index in [1.807, 2.05) is 0 Å². The fourth-order valence-corrected chi connectivity index (χ4v) is 2.38. The minimum absolute atomic E-state index is 0.166. The average molecular weight is 295 g/mol. The number of aromatic carboxylic acids is 1. The van der Waals surface area contributed by atoms with E-state index in [4.69, 9.17) is 9.52 Å². The van der Waals surface area contributed by atoms with Crippen LogP contribution in [0.1, 0.15) is 21.8 Å². The van der Waals surface area contributed by atoms with Crippen molar-refractivity contribution in [3.8, 4) is 0 Å². The van der Waals surface area contributed by atoms with Crippen LogP contribution in [-0.2, 0) is 0 Å². The summed E-state index contributed by atoms with van der Waals surface area (Å²) in [6.45, 7) is 3.15. The Hall–Kier alpha value is -2.42. The molecular formula is C11H9N3O5S. The Morgan fingerprint density at radius 3 is 2.60 bits per heavy atom. The molecule has 0 saturated heterocycles. The number of hydrogen-bond donors (Lipinski definition) is 1. The minimum Gasteiger partial charge on any atom is -0.478 e. The third kappa shape index (κ3) is 2.77. The lowest BCUT2D eigenvalue weighted by atomic mass is 10.1. The Morgan fingerprint density at radius 2 is 2.10 bits per heavy atom. The predicted molar refractivity (Wildman–Crippen MR) is 68.0 cm³/mol. The van der Waals surface area contributed by atoms with Crippen molar-refractivity contribution in [3.05, 3.63) is 39.3 Å². The molecule has 1 aromatic carbocycles. The molecular weight excluding hydrogens is 286 g/mol. The zero-order valence-electron chi connectivity index (χ0n) is 10.5. The number of aryl methyl sites for hydroxylation is 1. The zero-order chi connectivity index (χ0) is 14.9. The number of nitrogens with zero attached hydrogens (tertiary/aromatic N) is 3. The smallest absolute Gasteiger partial charge is 0.335 e. The number of hydrogen-bond acceptors (Lipinski definition) is 7. The maximum Gasteiger partial charge on any atom is 0.335 e. The molecule has 0 unspecified atom stereocenters. The average Bonchev–Trinajstić information content (AvgIpc) is 2.76. The maximum atomic E-state index is 11.0. The van der Waals surface area contributed by atoms with Gasteiger partial charge in [0.25, 0.3) is 10.9 Å². The highest BCUT2D eigenvalue weighted by Crippen LogP contribution is 2.34.